The van der Waals surface area contributed by atoms with Crippen LogP contribution in [0, 0.1) is 11.8 Å². The van der Waals surface area contributed by atoms with Crippen molar-refractivity contribution in [3.63, 3.8) is 0 Å². The van der Waals surface area contributed by atoms with Crippen LogP contribution in [0.5, 0.6) is 5.75 Å². The van der Waals surface area contributed by atoms with E-state index in [1.165, 1.54) is 29.7 Å². The van der Waals surface area contributed by atoms with Gasteiger partial charge in [-0.05, 0) is 36.4 Å². The molecule has 0 aliphatic rings. The largest absolute Gasteiger partial charge is 0.488 e. The Hall–Kier alpha value is -1.81. The number of hydrogen-bond acceptors (Lipinski definition) is 5. The minimum Gasteiger partial charge on any atom is -0.488 e. The number of aliphatic hydroxyl groups excluding tert-OH is 1. The molecule has 0 radical (unpaired) electrons. The van der Waals surface area contributed by atoms with Crippen LogP contribution in [0.2, 0.25) is 0 Å². The monoisotopic (exact) mass is 322 g/mol. The molecule has 1 N–H and O–H groups in total. The van der Waals surface area contributed by atoms with Crippen molar-refractivity contribution in [3.8, 4) is 17.6 Å². The van der Waals surface area contributed by atoms with Gasteiger partial charge in [0.25, 0.3) is 0 Å². The Bertz CT molecular complexity index is 762. The van der Waals surface area contributed by atoms with Crippen molar-refractivity contribution >= 4 is 21.2 Å². The van der Waals surface area contributed by atoms with Gasteiger partial charge in [0.2, 0.25) is 0 Å². The standard InChI is InChI=1S/C15H14O4S2/c1-21(17,18)15-8-4-12(5-9-15)19-11-14-7-6-13(20-14)3-2-10-16/h4-9,16H,10-11H2,1H3. The van der Waals surface area contributed by atoms with Crippen molar-refractivity contribution in [2.75, 3.05) is 12.9 Å². The van der Waals surface area contributed by atoms with Crippen LogP contribution in [0.25, 0.3) is 0 Å². The van der Waals surface area contributed by atoms with Gasteiger partial charge in [0.1, 0.15) is 19.0 Å². The molecule has 2 rings (SSSR count). The van der Waals surface area contributed by atoms with Crippen molar-refractivity contribution in [1.82, 2.24) is 0 Å². The molecule has 0 aliphatic heterocycles. The number of sulfone groups is 1. The maximum Gasteiger partial charge on any atom is 0.175 e. The van der Waals surface area contributed by atoms with Gasteiger partial charge >= 0.3 is 0 Å². The first-order valence-electron chi connectivity index (χ1n) is 6.10. The fraction of sp³-hybridized carbons (Fsp3) is 0.200. The molecule has 6 heteroatoms. The number of rotatable bonds is 4. The Balaban J connectivity index is 1.98. The summed E-state index contributed by atoms with van der Waals surface area (Å²) in [4.78, 5) is 2.15. The second kappa shape index (κ2) is 6.76. The molecule has 1 aromatic carbocycles. The highest BCUT2D eigenvalue weighted by molar-refractivity contribution is 7.90. The van der Waals surface area contributed by atoms with E-state index in [1.54, 1.807) is 12.1 Å². The zero-order valence-electron chi connectivity index (χ0n) is 11.4. The minimum atomic E-state index is -3.18. The average Bonchev–Trinajstić information content (AvgIpc) is 2.90. The van der Waals surface area contributed by atoms with Gasteiger partial charge in [-0.2, -0.15) is 0 Å². The van der Waals surface area contributed by atoms with Gasteiger partial charge in [0.15, 0.2) is 9.84 Å². The zero-order valence-corrected chi connectivity index (χ0v) is 13.0. The van der Waals surface area contributed by atoms with Crippen molar-refractivity contribution in [2.45, 2.75) is 11.5 Å². The van der Waals surface area contributed by atoms with Gasteiger partial charge < -0.3 is 9.84 Å². The molecular weight excluding hydrogens is 308 g/mol. The first-order chi connectivity index (χ1) is 9.99. The van der Waals surface area contributed by atoms with Crippen LogP contribution in [0.15, 0.2) is 41.3 Å². The first kappa shape index (κ1) is 15.6. The summed E-state index contributed by atoms with van der Waals surface area (Å²) in [6.45, 7) is 0.236. The minimum absolute atomic E-state index is 0.156. The summed E-state index contributed by atoms with van der Waals surface area (Å²) >= 11 is 1.49. The van der Waals surface area contributed by atoms with E-state index in [-0.39, 0.29) is 11.5 Å². The molecular formula is C15H14O4S2. The molecule has 0 amide bonds. The van der Waals surface area contributed by atoms with Crippen LogP contribution >= 0.6 is 11.3 Å². The number of hydrogen-bond donors (Lipinski definition) is 1. The third-order valence-electron chi connectivity index (χ3n) is 2.59. The predicted octanol–water partition coefficient (Wildman–Crippen LogP) is 2.07. The van der Waals surface area contributed by atoms with E-state index in [9.17, 15) is 8.42 Å². The quantitative estimate of drug-likeness (QED) is 0.875. The van der Waals surface area contributed by atoms with E-state index >= 15 is 0 Å². The normalized spacial score (nSPS) is 10.8. The number of thiophene rings is 1. The van der Waals surface area contributed by atoms with Crippen molar-refractivity contribution in [2.24, 2.45) is 0 Å². The summed E-state index contributed by atoms with van der Waals surface area (Å²) in [5.41, 5.74) is 0. The summed E-state index contributed by atoms with van der Waals surface area (Å²) < 4.78 is 28.3. The van der Waals surface area contributed by atoms with Gasteiger partial charge in [-0.25, -0.2) is 8.42 Å². The van der Waals surface area contributed by atoms with Crippen LogP contribution in [-0.4, -0.2) is 26.4 Å². The average molecular weight is 322 g/mol. The van der Waals surface area contributed by atoms with Crippen LogP contribution in [-0.2, 0) is 16.4 Å². The second-order valence-electron chi connectivity index (χ2n) is 4.26. The maximum atomic E-state index is 11.3. The van der Waals surface area contributed by atoms with Crippen LogP contribution < -0.4 is 4.74 Å². The molecule has 2 aromatic rings. The van der Waals surface area contributed by atoms with Crippen LogP contribution in [0.1, 0.15) is 9.75 Å². The Labute approximate surface area is 127 Å². The Morgan fingerprint density at radius 2 is 1.90 bits per heavy atom. The fourth-order valence-corrected chi connectivity index (χ4v) is 3.01. The van der Waals surface area contributed by atoms with Crippen molar-refractivity contribution in [1.29, 1.82) is 0 Å². The lowest BCUT2D eigenvalue weighted by Gasteiger charge is -2.05. The number of aliphatic hydroxyl groups is 1. The molecule has 0 spiro atoms. The van der Waals surface area contributed by atoms with Gasteiger partial charge in [-0.15, -0.1) is 11.3 Å². The third-order valence-corrected chi connectivity index (χ3v) is 4.69. The molecule has 0 unspecified atom stereocenters. The Kier molecular flexibility index (Phi) is 5.02. The summed E-state index contributed by atoms with van der Waals surface area (Å²) in [6.07, 6.45) is 1.17. The molecule has 0 fully saturated rings. The van der Waals surface area contributed by atoms with E-state index in [1.807, 2.05) is 12.1 Å². The SMILES string of the molecule is CS(=O)(=O)c1ccc(OCc2ccc(C#CCO)s2)cc1. The van der Waals surface area contributed by atoms with Crippen molar-refractivity contribution < 1.29 is 18.3 Å². The summed E-state index contributed by atoms with van der Waals surface area (Å²) in [5.74, 6) is 6.03. The highest BCUT2D eigenvalue weighted by atomic mass is 32.2. The molecule has 0 atom stereocenters. The van der Waals surface area contributed by atoms with Gasteiger partial charge in [-0.1, -0.05) is 11.8 Å². The molecule has 0 saturated heterocycles. The molecule has 0 saturated carbocycles. The Morgan fingerprint density at radius 1 is 1.19 bits per heavy atom. The topological polar surface area (TPSA) is 63.6 Å². The van der Waals surface area contributed by atoms with E-state index in [4.69, 9.17) is 9.84 Å². The van der Waals surface area contributed by atoms with E-state index in [2.05, 4.69) is 11.8 Å². The fourth-order valence-electron chi connectivity index (χ4n) is 1.59. The maximum absolute atomic E-state index is 11.3. The Morgan fingerprint density at radius 3 is 2.52 bits per heavy atom. The summed E-state index contributed by atoms with van der Waals surface area (Å²) in [5, 5.41) is 8.63. The molecule has 110 valence electrons. The number of benzene rings is 1. The highest BCUT2D eigenvalue weighted by Crippen LogP contribution is 2.20. The van der Waals surface area contributed by atoms with E-state index in [0.717, 1.165) is 9.75 Å². The lowest BCUT2D eigenvalue weighted by atomic mass is 10.3. The molecule has 21 heavy (non-hydrogen) atoms. The highest BCUT2D eigenvalue weighted by Gasteiger charge is 2.06. The summed E-state index contributed by atoms with van der Waals surface area (Å²) in [6, 6.07) is 10.1. The second-order valence-corrected chi connectivity index (χ2v) is 7.44. The molecule has 0 aliphatic carbocycles. The predicted molar refractivity (Wildman–Crippen MR) is 82.2 cm³/mol. The van der Waals surface area contributed by atoms with Gasteiger partial charge in [0, 0.05) is 11.1 Å². The molecule has 0 bridgehead atoms. The van der Waals surface area contributed by atoms with E-state index < -0.39 is 9.84 Å². The van der Waals surface area contributed by atoms with Gasteiger partial charge in [-0.3, -0.25) is 0 Å². The third kappa shape index (κ3) is 4.60. The molecule has 4 nitrogen and oxygen atoms in total. The first-order valence-corrected chi connectivity index (χ1v) is 8.81. The lowest BCUT2D eigenvalue weighted by molar-refractivity contribution is 0.309. The van der Waals surface area contributed by atoms with Gasteiger partial charge in [0.05, 0.1) is 9.77 Å². The smallest absolute Gasteiger partial charge is 0.175 e. The summed E-state index contributed by atoms with van der Waals surface area (Å²) in [7, 11) is -3.18. The van der Waals surface area contributed by atoms with E-state index in [0.29, 0.717) is 12.4 Å². The molecule has 1 heterocycles. The number of ether oxygens (including phenoxy) is 1. The van der Waals surface area contributed by atoms with Crippen LogP contribution in [0.4, 0.5) is 0 Å². The van der Waals surface area contributed by atoms with Crippen molar-refractivity contribution in [3.05, 3.63) is 46.2 Å². The molecule has 1 aromatic heterocycles. The lowest BCUT2D eigenvalue weighted by Crippen LogP contribution is -1.97. The van der Waals surface area contributed by atoms with Crippen LogP contribution in [0.3, 0.4) is 0 Å². The zero-order chi connectivity index (χ0) is 15.3.